The molecule has 0 atom stereocenters. The maximum absolute atomic E-state index is 12.6. The molecule has 1 fully saturated rings. The predicted octanol–water partition coefficient (Wildman–Crippen LogP) is 0.940. The van der Waals surface area contributed by atoms with Gasteiger partial charge in [0.05, 0.1) is 17.3 Å². The number of ether oxygens (including phenoxy) is 1. The molecular weight excluding hydrogens is 278 g/mol. The van der Waals surface area contributed by atoms with Crippen molar-refractivity contribution < 1.29 is 13.2 Å². The molecule has 1 saturated heterocycles. The summed E-state index contributed by atoms with van der Waals surface area (Å²) in [7, 11) is -2.09. The highest BCUT2D eigenvalue weighted by atomic mass is 32.2. The van der Waals surface area contributed by atoms with Crippen LogP contribution in [-0.2, 0) is 14.8 Å². The van der Waals surface area contributed by atoms with E-state index < -0.39 is 10.0 Å². The zero-order valence-corrected chi connectivity index (χ0v) is 12.1. The van der Waals surface area contributed by atoms with Crippen LogP contribution in [0, 0.1) is 11.3 Å². The van der Waals surface area contributed by atoms with E-state index in [1.807, 2.05) is 6.07 Å². The Hall–Kier alpha value is -1.62. The summed E-state index contributed by atoms with van der Waals surface area (Å²) in [6, 6.07) is 6.08. The topological polar surface area (TPSA) is 96.4 Å². The number of sulfonamides is 1. The molecule has 0 aliphatic carbocycles. The van der Waals surface area contributed by atoms with Gasteiger partial charge in [0.1, 0.15) is 4.90 Å². The van der Waals surface area contributed by atoms with Crippen molar-refractivity contribution >= 4 is 15.7 Å². The van der Waals surface area contributed by atoms with Gasteiger partial charge in [-0.1, -0.05) is 0 Å². The van der Waals surface area contributed by atoms with Gasteiger partial charge < -0.3 is 10.5 Å². The summed E-state index contributed by atoms with van der Waals surface area (Å²) < 4.78 is 31.7. The second kappa shape index (κ2) is 5.79. The van der Waals surface area contributed by atoms with Crippen LogP contribution >= 0.6 is 0 Å². The third-order valence-electron chi connectivity index (χ3n) is 3.50. The van der Waals surface area contributed by atoms with Crippen LogP contribution in [0.1, 0.15) is 18.4 Å². The molecular formula is C13H17N3O3S. The lowest BCUT2D eigenvalue weighted by Crippen LogP contribution is -2.40. The Kier molecular flexibility index (Phi) is 4.28. The van der Waals surface area contributed by atoms with Gasteiger partial charge in [0.25, 0.3) is 0 Å². The van der Waals surface area contributed by atoms with E-state index in [9.17, 15) is 8.42 Å². The maximum Gasteiger partial charge on any atom is 0.245 e. The quantitative estimate of drug-likeness (QED) is 0.837. The number of nitrogens with zero attached hydrogens (tertiary/aromatic N) is 2. The third-order valence-corrected chi connectivity index (χ3v) is 5.48. The Morgan fingerprint density at radius 3 is 2.60 bits per heavy atom. The molecule has 1 heterocycles. The number of anilines is 1. The molecule has 0 amide bonds. The molecule has 2 N–H and O–H groups in total. The summed E-state index contributed by atoms with van der Waals surface area (Å²) >= 11 is 0. The Bertz CT molecular complexity index is 631. The van der Waals surface area contributed by atoms with Crippen molar-refractivity contribution in [3.05, 3.63) is 23.8 Å². The molecule has 2 rings (SSSR count). The normalized spacial score (nSPS) is 17.1. The van der Waals surface area contributed by atoms with Gasteiger partial charge in [-0.05, 0) is 31.0 Å². The van der Waals surface area contributed by atoms with Gasteiger partial charge >= 0.3 is 0 Å². The van der Waals surface area contributed by atoms with E-state index in [-0.39, 0.29) is 16.6 Å². The molecule has 6 nitrogen and oxygen atoms in total. The molecule has 0 saturated carbocycles. The molecule has 20 heavy (non-hydrogen) atoms. The minimum absolute atomic E-state index is 0.0468. The Labute approximate surface area is 118 Å². The van der Waals surface area contributed by atoms with Crippen molar-refractivity contribution in [2.24, 2.45) is 0 Å². The van der Waals surface area contributed by atoms with E-state index in [4.69, 9.17) is 15.7 Å². The number of rotatable bonds is 3. The first-order valence-corrected chi connectivity index (χ1v) is 7.76. The Morgan fingerprint density at radius 2 is 2.05 bits per heavy atom. The van der Waals surface area contributed by atoms with Gasteiger partial charge in [-0.3, -0.25) is 0 Å². The number of hydrogen-bond acceptors (Lipinski definition) is 5. The molecule has 1 aliphatic rings. The molecule has 1 aliphatic heterocycles. The monoisotopic (exact) mass is 295 g/mol. The van der Waals surface area contributed by atoms with E-state index in [1.54, 1.807) is 7.05 Å². The molecule has 1 aromatic rings. The summed E-state index contributed by atoms with van der Waals surface area (Å²) in [6.07, 6.45) is 1.35. The van der Waals surface area contributed by atoms with Crippen molar-refractivity contribution in [3.63, 3.8) is 0 Å². The van der Waals surface area contributed by atoms with Crippen LogP contribution in [0.25, 0.3) is 0 Å². The highest BCUT2D eigenvalue weighted by Crippen LogP contribution is 2.26. The predicted molar refractivity (Wildman–Crippen MR) is 74.4 cm³/mol. The average Bonchev–Trinajstić information content (AvgIpc) is 2.46. The zero-order valence-electron chi connectivity index (χ0n) is 11.2. The zero-order chi connectivity index (χ0) is 14.8. The number of hydrogen-bond donors (Lipinski definition) is 1. The summed E-state index contributed by atoms with van der Waals surface area (Å²) in [5, 5.41) is 8.79. The highest BCUT2D eigenvalue weighted by Gasteiger charge is 2.30. The van der Waals surface area contributed by atoms with Crippen LogP contribution in [0.3, 0.4) is 0 Å². The average molecular weight is 295 g/mol. The maximum atomic E-state index is 12.6. The van der Waals surface area contributed by atoms with Gasteiger partial charge in [-0.2, -0.15) is 9.57 Å². The fourth-order valence-corrected chi connectivity index (χ4v) is 3.76. The number of nitrogen functional groups attached to an aromatic ring is 1. The van der Waals surface area contributed by atoms with Crippen molar-refractivity contribution in [1.29, 1.82) is 5.26 Å². The molecule has 0 spiro atoms. The lowest BCUT2D eigenvalue weighted by atomic mass is 10.1. The van der Waals surface area contributed by atoms with Crippen molar-refractivity contribution in [2.75, 3.05) is 26.0 Å². The smallest absolute Gasteiger partial charge is 0.245 e. The van der Waals surface area contributed by atoms with Crippen LogP contribution in [0.2, 0.25) is 0 Å². The van der Waals surface area contributed by atoms with Gasteiger partial charge in [-0.25, -0.2) is 8.42 Å². The molecule has 1 aromatic carbocycles. The van der Waals surface area contributed by atoms with Crippen LogP contribution in [0.4, 0.5) is 5.69 Å². The minimum atomic E-state index is -3.65. The number of nitrogens with two attached hydrogens (primary N) is 1. The van der Waals surface area contributed by atoms with E-state index >= 15 is 0 Å². The summed E-state index contributed by atoms with van der Waals surface area (Å²) in [4.78, 5) is 0.0468. The Morgan fingerprint density at radius 1 is 1.40 bits per heavy atom. The van der Waals surface area contributed by atoms with Crippen molar-refractivity contribution in [1.82, 2.24) is 4.31 Å². The molecule has 7 heteroatoms. The summed E-state index contributed by atoms with van der Waals surface area (Å²) in [5.41, 5.74) is 6.21. The van der Waals surface area contributed by atoms with Crippen molar-refractivity contribution in [3.8, 4) is 6.07 Å². The second-order valence-electron chi connectivity index (χ2n) is 4.73. The molecule has 0 unspecified atom stereocenters. The van der Waals surface area contributed by atoms with E-state index in [1.165, 1.54) is 22.5 Å². The van der Waals surface area contributed by atoms with Crippen molar-refractivity contribution in [2.45, 2.75) is 23.8 Å². The summed E-state index contributed by atoms with van der Waals surface area (Å²) in [6.45, 7) is 1.13. The van der Waals surface area contributed by atoms with Gasteiger partial charge in [-0.15, -0.1) is 0 Å². The highest BCUT2D eigenvalue weighted by molar-refractivity contribution is 7.89. The molecule has 0 radical (unpaired) electrons. The van der Waals surface area contributed by atoms with Gasteiger partial charge in [0.2, 0.25) is 10.0 Å². The minimum Gasteiger partial charge on any atom is -0.398 e. The van der Waals surface area contributed by atoms with Crippen LogP contribution in [0.15, 0.2) is 23.1 Å². The van der Waals surface area contributed by atoms with E-state index in [2.05, 4.69) is 0 Å². The fraction of sp³-hybridized carbons (Fsp3) is 0.462. The largest absolute Gasteiger partial charge is 0.398 e. The van der Waals surface area contributed by atoms with Gasteiger partial charge in [0, 0.05) is 26.3 Å². The summed E-state index contributed by atoms with van der Waals surface area (Å²) in [5.74, 6) is 0. The molecule has 108 valence electrons. The SMILES string of the molecule is CN(C1CCOCC1)S(=O)(=O)c1ccc(C#N)cc1N. The lowest BCUT2D eigenvalue weighted by Gasteiger charge is -2.30. The first-order valence-electron chi connectivity index (χ1n) is 6.32. The van der Waals surface area contributed by atoms with E-state index in [0.29, 0.717) is 31.6 Å². The third kappa shape index (κ3) is 2.77. The fourth-order valence-electron chi connectivity index (χ4n) is 2.25. The Balaban J connectivity index is 2.32. The second-order valence-corrected chi connectivity index (χ2v) is 6.70. The number of benzene rings is 1. The van der Waals surface area contributed by atoms with Crippen LogP contribution in [-0.4, -0.2) is 39.0 Å². The van der Waals surface area contributed by atoms with E-state index in [0.717, 1.165) is 0 Å². The molecule has 0 bridgehead atoms. The van der Waals surface area contributed by atoms with Gasteiger partial charge in [0.15, 0.2) is 0 Å². The lowest BCUT2D eigenvalue weighted by molar-refractivity contribution is 0.0632. The van der Waals surface area contributed by atoms with Crippen LogP contribution in [0.5, 0.6) is 0 Å². The first kappa shape index (κ1) is 14.8. The molecule has 0 aromatic heterocycles. The standard InChI is InChI=1S/C13H17N3O3S/c1-16(11-4-6-19-7-5-11)20(17,18)13-3-2-10(9-14)8-12(13)15/h2-3,8,11H,4-7,15H2,1H3. The van der Waals surface area contributed by atoms with Crippen LogP contribution < -0.4 is 5.73 Å². The number of nitriles is 1. The first-order chi connectivity index (χ1) is 9.46.